The van der Waals surface area contributed by atoms with E-state index in [1.54, 1.807) is 6.07 Å². The summed E-state index contributed by atoms with van der Waals surface area (Å²) in [5.41, 5.74) is 1.05. The van der Waals surface area contributed by atoms with Gasteiger partial charge in [-0.2, -0.15) is 0 Å². The second kappa shape index (κ2) is 4.80. The first-order valence-corrected chi connectivity index (χ1v) is 8.13. The van der Waals surface area contributed by atoms with Crippen molar-refractivity contribution in [3.05, 3.63) is 29.8 Å². The molecule has 4 rings (SSSR count). The summed E-state index contributed by atoms with van der Waals surface area (Å²) < 4.78 is 13.5. The lowest BCUT2D eigenvalue weighted by atomic mass is 9.93. The van der Waals surface area contributed by atoms with Crippen LogP contribution >= 0.6 is 0 Å². The summed E-state index contributed by atoms with van der Waals surface area (Å²) in [6.07, 6.45) is 8.61. The van der Waals surface area contributed by atoms with Gasteiger partial charge in [0.25, 0.3) is 0 Å². The summed E-state index contributed by atoms with van der Waals surface area (Å²) in [4.78, 5) is 4.06. The fourth-order valence-electron chi connectivity index (χ4n) is 5.21. The summed E-state index contributed by atoms with van der Waals surface area (Å²) in [5, 5.41) is 3.67. The highest BCUT2D eigenvalue weighted by atomic mass is 19.1. The van der Waals surface area contributed by atoms with Crippen LogP contribution in [0, 0.1) is 35.4 Å². The van der Waals surface area contributed by atoms with Gasteiger partial charge in [0.2, 0.25) is 0 Å². The Bertz CT molecular complexity index is 488. The molecule has 3 heteroatoms. The minimum absolute atomic E-state index is 0.209. The van der Waals surface area contributed by atoms with Gasteiger partial charge in [-0.05, 0) is 73.4 Å². The van der Waals surface area contributed by atoms with Crippen molar-refractivity contribution in [2.75, 3.05) is 6.54 Å². The molecule has 20 heavy (non-hydrogen) atoms. The first kappa shape index (κ1) is 12.8. The predicted molar refractivity (Wildman–Crippen MR) is 76.5 cm³/mol. The Morgan fingerprint density at radius 1 is 1.30 bits per heavy atom. The summed E-state index contributed by atoms with van der Waals surface area (Å²) >= 11 is 0. The van der Waals surface area contributed by atoms with Gasteiger partial charge < -0.3 is 5.32 Å². The molecular weight excluding hydrogens is 251 g/mol. The number of hydrogen-bond donors (Lipinski definition) is 1. The van der Waals surface area contributed by atoms with E-state index in [0.717, 1.165) is 48.1 Å². The number of rotatable bonds is 5. The van der Waals surface area contributed by atoms with Gasteiger partial charge in [-0.25, -0.2) is 4.39 Å². The van der Waals surface area contributed by atoms with Gasteiger partial charge in [0.05, 0.1) is 6.20 Å². The molecule has 1 heterocycles. The SMILES string of the molecule is CCCNC(c1cncc(F)c1)C1C2C3CCC(C3)C21. The van der Waals surface area contributed by atoms with Crippen molar-refractivity contribution in [3.63, 3.8) is 0 Å². The third kappa shape index (κ3) is 1.90. The molecule has 0 aromatic carbocycles. The predicted octanol–water partition coefficient (Wildman–Crippen LogP) is 3.55. The average Bonchev–Trinajstić information content (AvgIpc) is 2.87. The Morgan fingerprint density at radius 3 is 2.70 bits per heavy atom. The van der Waals surface area contributed by atoms with Crippen LogP contribution in [0.2, 0.25) is 0 Å². The molecule has 3 aliphatic carbocycles. The Kier molecular flexibility index (Phi) is 3.06. The first-order chi connectivity index (χ1) is 9.79. The molecule has 2 nitrogen and oxygen atoms in total. The molecule has 3 fully saturated rings. The van der Waals surface area contributed by atoms with Gasteiger partial charge in [-0.15, -0.1) is 0 Å². The molecule has 0 amide bonds. The molecule has 5 unspecified atom stereocenters. The van der Waals surface area contributed by atoms with E-state index < -0.39 is 0 Å². The highest BCUT2D eigenvalue weighted by molar-refractivity contribution is 5.24. The summed E-state index contributed by atoms with van der Waals surface area (Å²) in [7, 11) is 0. The monoisotopic (exact) mass is 274 g/mol. The van der Waals surface area contributed by atoms with Crippen LogP contribution in [0.4, 0.5) is 4.39 Å². The van der Waals surface area contributed by atoms with E-state index in [-0.39, 0.29) is 5.82 Å². The average molecular weight is 274 g/mol. The lowest BCUT2D eigenvalue weighted by molar-refractivity contribution is 0.368. The Labute approximate surface area is 120 Å². The van der Waals surface area contributed by atoms with Crippen molar-refractivity contribution in [1.29, 1.82) is 0 Å². The van der Waals surface area contributed by atoms with Gasteiger partial charge in [0, 0.05) is 12.2 Å². The molecule has 1 aromatic rings. The molecule has 1 N–H and O–H groups in total. The van der Waals surface area contributed by atoms with Crippen molar-refractivity contribution in [3.8, 4) is 0 Å². The van der Waals surface area contributed by atoms with Crippen LogP contribution in [-0.4, -0.2) is 11.5 Å². The third-order valence-electron chi connectivity index (χ3n) is 5.88. The molecule has 0 radical (unpaired) electrons. The van der Waals surface area contributed by atoms with Crippen LogP contribution in [0.25, 0.3) is 0 Å². The highest BCUT2D eigenvalue weighted by Gasteiger charge is 2.66. The van der Waals surface area contributed by atoms with Crippen molar-refractivity contribution in [2.45, 2.75) is 38.6 Å². The zero-order chi connectivity index (χ0) is 13.7. The quantitative estimate of drug-likeness (QED) is 0.888. The van der Waals surface area contributed by atoms with Gasteiger partial charge >= 0.3 is 0 Å². The molecule has 2 bridgehead atoms. The van der Waals surface area contributed by atoms with Crippen molar-refractivity contribution < 1.29 is 4.39 Å². The van der Waals surface area contributed by atoms with E-state index in [1.807, 2.05) is 6.20 Å². The maximum atomic E-state index is 13.5. The molecule has 0 saturated heterocycles. The molecule has 108 valence electrons. The van der Waals surface area contributed by atoms with Crippen LogP contribution < -0.4 is 5.32 Å². The second-order valence-electron chi connectivity index (χ2n) is 6.93. The summed E-state index contributed by atoms with van der Waals surface area (Å²) in [5.74, 6) is 4.26. The second-order valence-corrected chi connectivity index (χ2v) is 6.93. The van der Waals surface area contributed by atoms with E-state index in [9.17, 15) is 4.39 Å². The number of hydrogen-bond acceptors (Lipinski definition) is 2. The Hall–Kier alpha value is -0.960. The van der Waals surface area contributed by atoms with Crippen molar-refractivity contribution >= 4 is 0 Å². The van der Waals surface area contributed by atoms with Crippen molar-refractivity contribution in [1.82, 2.24) is 10.3 Å². The number of nitrogens with zero attached hydrogens (tertiary/aromatic N) is 1. The molecule has 1 aromatic heterocycles. The van der Waals surface area contributed by atoms with Crippen LogP contribution in [-0.2, 0) is 0 Å². The minimum atomic E-state index is -0.209. The maximum absolute atomic E-state index is 13.5. The molecule has 3 aliphatic rings. The molecule has 5 atom stereocenters. The van der Waals surface area contributed by atoms with Gasteiger partial charge in [-0.1, -0.05) is 6.92 Å². The topological polar surface area (TPSA) is 24.9 Å². The zero-order valence-electron chi connectivity index (χ0n) is 12.1. The van der Waals surface area contributed by atoms with Gasteiger partial charge in [-0.3, -0.25) is 4.98 Å². The lowest BCUT2D eigenvalue weighted by Gasteiger charge is -2.22. The van der Waals surface area contributed by atoms with Crippen LogP contribution in [0.1, 0.15) is 44.2 Å². The van der Waals surface area contributed by atoms with Crippen LogP contribution in [0.3, 0.4) is 0 Å². The maximum Gasteiger partial charge on any atom is 0.141 e. The fourth-order valence-corrected chi connectivity index (χ4v) is 5.21. The molecule has 0 aliphatic heterocycles. The molecule has 0 spiro atoms. The number of halogens is 1. The number of aromatic nitrogens is 1. The van der Waals surface area contributed by atoms with E-state index in [2.05, 4.69) is 17.2 Å². The summed E-state index contributed by atoms with van der Waals surface area (Å²) in [6, 6.07) is 1.99. The minimum Gasteiger partial charge on any atom is -0.310 e. The fraction of sp³-hybridized carbons (Fsp3) is 0.706. The Morgan fingerprint density at radius 2 is 2.05 bits per heavy atom. The first-order valence-electron chi connectivity index (χ1n) is 8.13. The van der Waals surface area contributed by atoms with Gasteiger partial charge in [0.15, 0.2) is 0 Å². The standard InChI is InChI=1S/C17H23FN2/c1-2-5-20-17(12-7-13(18)9-19-8-12)16-14-10-3-4-11(6-10)15(14)16/h7-11,14-17,20H,2-6H2,1H3. The number of pyridine rings is 1. The third-order valence-corrected chi connectivity index (χ3v) is 5.88. The van der Waals surface area contributed by atoms with E-state index >= 15 is 0 Å². The van der Waals surface area contributed by atoms with E-state index in [1.165, 1.54) is 25.5 Å². The van der Waals surface area contributed by atoms with Crippen molar-refractivity contribution in [2.24, 2.45) is 29.6 Å². The summed E-state index contributed by atoms with van der Waals surface area (Å²) in [6.45, 7) is 3.19. The zero-order valence-corrected chi connectivity index (χ0v) is 12.1. The molecule has 3 saturated carbocycles. The lowest BCUT2D eigenvalue weighted by Crippen LogP contribution is -2.26. The van der Waals surface area contributed by atoms with Crippen LogP contribution in [0.5, 0.6) is 0 Å². The number of fused-ring (bicyclic) bond motifs is 5. The van der Waals surface area contributed by atoms with Crippen LogP contribution in [0.15, 0.2) is 18.5 Å². The Balaban J connectivity index is 1.57. The normalized spacial score (nSPS) is 38.8. The van der Waals surface area contributed by atoms with E-state index in [4.69, 9.17) is 0 Å². The largest absolute Gasteiger partial charge is 0.310 e. The number of nitrogens with one attached hydrogen (secondary N) is 1. The van der Waals surface area contributed by atoms with Gasteiger partial charge in [0.1, 0.15) is 5.82 Å². The van der Waals surface area contributed by atoms with E-state index in [0.29, 0.717) is 6.04 Å². The highest BCUT2D eigenvalue weighted by Crippen LogP contribution is 2.72. The molecular formula is C17H23FN2. The smallest absolute Gasteiger partial charge is 0.141 e.